The summed E-state index contributed by atoms with van der Waals surface area (Å²) in [7, 11) is 2.09. The van der Waals surface area contributed by atoms with Crippen LogP contribution in [-0.2, 0) is 0 Å². The summed E-state index contributed by atoms with van der Waals surface area (Å²) in [5.74, 6) is 1.10. The summed E-state index contributed by atoms with van der Waals surface area (Å²) in [6.45, 7) is 4.90. The van der Waals surface area contributed by atoms with Gasteiger partial charge < -0.3 is 0 Å². The minimum absolute atomic E-state index is 0.241. The Labute approximate surface area is 116 Å². The van der Waals surface area contributed by atoms with Gasteiger partial charge in [0.05, 0.1) is 6.54 Å². The van der Waals surface area contributed by atoms with Gasteiger partial charge in [-0.3, -0.25) is 9.69 Å². The fraction of sp³-hybridized carbons (Fsp3) is 0.588. The standard InChI is InChI=1S/C17H25NO/c1-13-7-9-16(10-8-13)18(3)12-17(19)15-6-4-5-14(2)11-15/h4-6,11,13,16H,7-10,12H2,1-3H3. The number of hydrogen-bond acceptors (Lipinski definition) is 2. The Morgan fingerprint density at radius 3 is 2.58 bits per heavy atom. The Balaban J connectivity index is 1.91. The van der Waals surface area contributed by atoms with Crippen LogP contribution in [0, 0.1) is 12.8 Å². The van der Waals surface area contributed by atoms with Crippen LogP contribution in [0.4, 0.5) is 0 Å². The van der Waals surface area contributed by atoms with Crippen LogP contribution in [0.25, 0.3) is 0 Å². The zero-order valence-electron chi connectivity index (χ0n) is 12.4. The first-order valence-corrected chi connectivity index (χ1v) is 7.36. The molecule has 2 nitrogen and oxygen atoms in total. The van der Waals surface area contributed by atoms with Crippen molar-refractivity contribution >= 4 is 5.78 Å². The van der Waals surface area contributed by atoms with Crippen LogP contribution in [0.3, 0.4) is 0 Å². The molecule has 0 radical (unpaired) electrons. The van der Waals surface area contributed by atoms with Gasteiger partial charge in [-0.05, 0) is 51.6 Å². The van der Waals surface area contributed by atoms with E-state index in [1.54, 1.807) is 0 Å². The fourth-order valence-electron chi connectivity index (χ4n) is 2.95. The second kappa shape index (κ2) is 6.33. The van der Waals surface area contributed by atoms with Gasteiger partial charge in [0.15, 0.2) is 5.78 Å². The number of aryl methyl sites for hydroxylation is 1. The van der Waals surface area contributed by atoms with Crippen molar-refractivity contribution in [3.63, 3.8) is 0 Å². The van der Waals surface area contributed by atoms with E-state index in [0.717, 1.165) is 17.0 Å². The molecule has 0 bridgehead atoms. The number of benzene rings is 1. The summed E-state index contributed by atoms with van der Waals surface area (Å²) in [6, 6.07) is 8.49. The van der Waals surface area contributed by atoms with Crippen molar-refractivity contribution in [1.82, 2.24) is 4.90 Å². The van der Waals surface area contributed by atoms with E-state index in [2.05, 4.69) is 18.9 Å². The van der Waals surface area contributed by atoms with Crippen molar-refractivity contribution in [3.8, 4) is 0 Å². The minimum Gasteiger partial charge on any atom is -0.296 e. The lowest BCUT2D eigenvalue weighted by atomic mass is 9.86. The molecule has 1 aromatic carbocycles. The Morgan fingerprint density at radius 1 is 1.26 bits per heavy atom. The zero-order valence-corrected chi connectivity index (χ0v) is 12.4. The van der Waals surface area contributed by atoms with Crippen LogP contribution >= 0.6 is 0 Å². The van der Waals surface area contributed by atoms with Crippen LogP contribution in [0.1, 0.15) is 48.5 Å². The molecule has 1 saturated carbocycles. The number of Topliss-reactive ketones (excluding diaryl/α,β-unsaturated/α-hetero) is 1. The molecule has 0 saturated heterocycles. The normalized spacial score (nSPS) is 23.6. The summed E-state index contributed by atoms with van der Waals surface area (Å²) in [5, 5.41) is 0. The number of ketones is 1. The molecule has 0 unspecified atom stereocenters. The molecule has 19 heavy (non-hydrogen) atoms. The van der Waals surface area contributed by atoms with E-state index in [-0.39, 0.29) is 5.78 Å². The highest BCUT2D eigenvalue weighted by molar-refractivity contribution is 5.97. The summed E-state index contributed by atoms with van der Waals surface area (Å²) < 4.78 is 0. The van der Waals surface area contributed by atoms with Crippen LogP contribution in [0.15, 0.2) is 24.3 Å². The van der Waals surface area contributed by atoms with Gasteiger partial charge in [0.25, 0.3) is 0 Å². The van der Waals surface area contributed by atoms with E-state index in [1.807, 2.05) is 31.2 Å². The van der Waals surface area contributed by atoms with Crippen molar-refractivity contribution in [2.75, 3.05) is 13.6 Å². The highest BCUT2D eigenvalue weighted by atomic mass is 16.1. The van der Waals surface area contributed by atoms with Crippen LogP contribution in [0.5, 0.6) is 0 Å². The first-order valence-electron chi connectivity index (χ1n) is 7.36. The van der Waals surface area contributed by atoms with E-state index >= 15 is 0 Å². The van der Waals surface area contributed by atoms with E-state index in [4.69, 9.17) is 0 Å². The number of likely N-dealkylation sites (N-methyl/N-ethyl adjacent to an activating group) is 1. The molecule has 1 fully saturated rings. The van der Waals surface area contributed by atoms with E-state index in [0.29, 0.717) is 12.6 Å². The predicted molar refractivity (Wildman–Crippen MR) is 79.6 cm³/mol. The predicted octanol–water partition coefficient (Wildman–Crippen LogP) is 3.69. The Kier molecular flexibility index (Phi) is 4.76. The summed E-state index contributed by atoms with van der Waals surface area (Å²) in [4.78, 5) is 14.5. The van der Waals surface area contributed by atoms with Gasteiger partial charge in [-0.1, -0.05) is 30.7 Å². The van der Waals surface area contributed by atoms with Crippen molar-refractivity contribution in [2.24, 2.45) is 5.92 Å². The maximum Gasteiger partial charge on any atom is 0.176 e. The summed E-state index contributed by atoms with van der Waals surface area (Å²) in [6.07, 6.45) is 5.07. The molecule has 0 heterocycles. The van der Waals surface area contributed by atoms with E-state index in [1.165, 1.54) is 25.7 Å². The lowest BCUT2D eigenvalue weighted by Gasteiger charge is -2.33. The van der Waals surface area contributed by atoms with Crippen molar-refractivity contribution in [1.29, 1.82) is 0 Å². The molecule has 0 aliphatic heterocycles. The second-order valence-corrected chi connectivity index (χ2v) is 6.12. The molecule has 2 rings (SSSR count). The maximum absolute atomic E-state index is 12.3. The monoisotopic (exact) mass is 259 g/mol. The number of carbonyl (C=O) groups excluding carboxylic acids is 1. The van der Waals surface area contributed by atoms with E-state index < -0.39 is 0 Å². The third-order valence-corrected chi connectivity index (χ3v) is 4.34. The molecular formula is C17H25NO. The molecule has 2 heteroatoms. The molecule has 0 spiro atoms. The number of hydrogen-bond donors (Lipinski definition) is 0. The van der Waals surface area contributed by atoms with Crippen LogP contribution < -0.4 is 0 Å². The van der Waals surface area contributed by atoms with E-state index in [9.17, 15) is 4.79 Å². The van der Waals surface area contributed by atoms with Gasteiger partial charge in [-0.25, -0.2) is 0 Å². The average molecular weight is 259 g/mol. The van der Waals surface area contributed by atoms with Crippen molar-refractivity contribution < 1.29 is 4.79 Å². The van der Waals surface area contributed by atoms with Gasteiger partial charge >= 0.3 is 0 Å². The topological polar surface area (TPSA) is 20.3 Å². The summed E-state index contributed by atoms with van der Waals surface area (Å²) >= 11 is 0. The first-order chi connectivity index (χ1) is 9.06. The third-order valence-electron chi connectivity index (χ3n) is 4.34. The van der Waals surface area contributed by atoms with Gasteiger partial charge in [0.2, 0.25) is 0 Å². The minimum atomic E-state index is 0.241. The van der Waals surface area contributed by atoms with Crippen molar-refractivity contribution in [2.45, 2.75) is 45.6 Å². The van der Waals surface area contributed by atoms with Gasteiger partial charge in [-0.2, -0.15) is 0 Å². The third kappa shape index (κ3) is 3.90. The molecular weight excluding hydrogens is 234 g/mol. The number of rotatable bonds is 4. The average Bonchev–Trinajstić information content (AvgIpc) is 2.39. The van der Waals surface area contributed by atoms with Crippen LogP contribution in [0.2, 0.25) is 0 Å². The molecule has 1 aliphatic rings. The highest BCUT2D eigenvalue weighted by Crippen LogP contribution is 2.26. The largest absolute Gasteiger partial charge is 0.296 e. The number of carbonyl (C=O) groups is 1. The van der Waals surface area contributed by atoms with Crippen molar-refractivity contribution in [3.05, 3.63) is 35.4 Å². The van der Waals surface area contributed by atoms with Gasteiger partial charge in [0, 0.05) is 11.6 Å². The highest BCUT2D eigenvalue weighted by Gasteiger charge is 2.23. The molecule has 104 valence electrons. The Bertz CT molecular complexity index is 433. The first kappa shape index (κ1) is 14.3. The quantitative estimate of drug-likeness (QED) is 0.769. The maximum atomic E-state index is 12.3. The van der Waals surface area contributed by atoms with Gasteiger partial charge in [-0.15, -0.1) is 0 Å². The zero-order chi connectivity index (χ0) is 13.8. The molecule has 0 atom stereocenters. The number of nitrogens with zero attached hydrogens (tertiary/aromatic N) is 1. The lowest BCUT2D eigenvalue weighted by molar-refractivity contribution is 0.0888. The smallest absolute Gasteiger partial charge is 0.176 e. The molecule has 1 aromatic rings. The summed E-state index contributed by atoms with van der Waals surface area (Å²) in [5.41, 5.74) is 2.00. The second-order valence-electron chi connectivity index (χ2n) is 6.12. The van der Waals surface area contributed by atoms with Gasteiger partial charge in [0.1, 0.15) is 0 Å². The molecule has 0 N–H and O–H groups in total. The SMILES string of the molecule is Cc1cccc(C(=O)CN(C)C2CCC(C)CC2)c1. The Hall–Kier alpha value is -1.15. The molecule has 1 aliphatic carbocycles. The van der Waals surface area contributed by atoms with Crippen LogP contribution in [-0.4, -0.2) is 30.3 Å². The fourth-order valence-corrected chi connectivity index (χ4v) is 2.95. The molecule has 0 amide bonds. The molecule has 0 aromatic heterocycles. The lowest BCUT2D eigenvalue weighted by Crippen LogP contribution is -2.38. The Morgan fingerprint density at radius 2 is 1.95 bits per heavy atom.